The Bertz CT molecular complexity index is 447. The number of allylic oxidation sites excluding steroid dienone is 1. The molecule has 1 N–H and O–H groups in total. The second kappa shape index (κ2) is 3.70. The summed E-state index contributed by atoms with van der Waals surface area (Å²) in [7, 11) is 0. The fourth-order valence-corrected chi connectivity index (χ4v) is 2.53. The Hall–Kier alpha value is -1.16. The van der Waals surface area contributed by atoms with Crippen molar-refractivity contribution >= 4 is 5.83 Å². The van der Waals surface area contributed by atoms with Crippen LogP contribution >= 0.6 is 0 Å². The second-order valence-electron chi connectivity index (χ2n) is 4.68. The highest BCUT2D eigenvalue weighted by molar-refractivity contribution is 5.61. The van der Waals surface area contributed by atoms with Crippen LogP contribution in [0.5, 0.6) is 0 Å². The number of halogens is 1. The van der Waals surface area contributed by atoms with Gasteiger partial charge in [0.15, 0.2) is 0 Å². The Morgan fingerprint density at radius 1 is 1.56 bits per heavy atom. The number of aryl methyl sites for hydroxylation is 1. The lowest BCUT2D eigenvalue weighted by molar-refractivity contribution is 0.504. The maximum Gasteiger partial charge on any atom is 0.144 e. The van der Waals surface area contributed by atoms with E-state index in [-0.39, 0.29) is 5.83 Å². The lowest BCUT2D eigenvalue weighted by Gasteiger charge is -2.19. The van der Waals surface area contributed by atoms with Gasteiger partial charge in [0.05, 0.1) is 5.69 Å². The van der Waals surface area contributed by atoms with E-state index in [1.165, 1.54) is 0 Å². The lowest BCUT2D eigenvalue weighted by atomic mass is 10.0. The zero-order chi connectivity index (χ0) is 11.1. The number of aromatic nitrogens is 2. The summed E-state index contributed by atoms with van der Waals surface area (Å²) in [6, 6.07) is 0.443. The summed E-state index contributed by atoms with van der Waals surface area (Å²) in [5.41, 5.74) is 2.85. The summed E-state index contributed by atoms with van der Waals surface area (Å²) < 4.78 is 15.8. The highest BCUT2D eigenvalue weighted by Crippen LogP contribution is 2.29. The lowest BCUT2D eigenvalue weighted by Crippen LogP contribution is -2.32. The van der Waals surface area contributed by atoms with Crippen LogP contribution < -0.4 is 5.32 Å². The number of fused-ring (bicyclic) bond motifs is 3. The minimum Gasteiger partial charge on any atom is -0.310 e. The van der Waals surface area contributed by atoms with Gasteiger partial charge in [0, 0.05) is 31.1 Å². The van der Waals surface area contributed by atoms with E-state index in [0.29, 0.717) is 11.7 Å². The zero-order valence-corrected chi connectivity index (χ0v) is 9.46. The van der Waals surface area contributed by atoms with Crippen molar-refractivity contribution in [2.75, 3.05) is 0 Å². The summed E-state index contributed by atoms with van der Waals surface area (Å²) in [5.74, 6) is -0.0948. The van der Waals surface area contributed by atoms with Crippen molar-refractivity contribution in [2.45, 2.75) is 45.3 Å². The first-order valence-corrected chi connectivity index (χ1v) is 5.93. The van der Waals surface area contributed by atoms with Crippen molar-refractivity contribution < 1.29 is 4.39 Å². The molecule has 2 aliphatic rings. The quantitative estimate of drug-likeness (QED) is 0.726. The third kappa shape index (κ3) is 1.48. The van der Waals surface area contributed by atoms with Gasteiger partial charge in [-0.15, -0.1) is 0 Å². The zero-order valence-electron chi connectivity index (χ0n) is 9.46. The van der Waals surface area contributed by atoms with Crippen molar-refractivity contribution in [3.05, 3.63) is 23.0 Å². The van der Waals surface area contributed by atoms with Crippen LogP contribution in [0.25, 0.3) is 5.83 Å². The van der Waals surface area contributed by atoms with Gasteiger partial charge < -0.3 is 5.32 Å². The Kier molecular flexibility index (Phi) is 2.32. The molecule has 1 aromatic heterocycles. The molecule has 0 aliphatic carbocycles. The van der Waals surface area contributed by atoms with Gasteiger partial charge in [-0.05, 0) is 25.8 Å². The Morgan fingerprint density at radius 3 is 3.31 bits per heavy atom. The minimum absolute atomic E-state index is 0.0948. The third-order valence-corrected chi connectivity index (χ3v) is 3.38. The fraction of sp³-hybridized carbons (Fsp3) is 0.583. The Labute approximate surface area is 94.3 Å². The fourth-order valence-electron chi connectivity index (χ4n) is 2.53. The Balaban J connectivity index is 2.11. The molecule has 0 aromatic carbocycles. The standard InChI is InChI=1S/C12H16FN3/c1-8-6-11-9(7-14-8)12-10(13)4-2-3-5-16(12)15-11/h4,8,14H,2-3,5-7H2,1H3/t8-/m1/s1. The molecule has 0 spiro atoms. The van der Waals surface area contributed by atoms with Gasteiger partial charge in [-0.1, -0.05) is 0 Å². The van der Waals surface area contributed by atoms with E-state index < -0.39 is 0 Å². The van der Waals surface area contributed by atoms with Crippen LogP contribution in [0.3, 0.4) is 0 Å². The highest BCUT2D eigenvalue weighted by atomic mass is 19.1. The summed E-state index contributed by atoms with van der Waals surface area (Å²) in [6.45, 7) is 3.72. The van der Waals surface area contributed by atoms with Gasteiger partial charge in [0.2, 0.25) is 0 Å². The van der Waals surface area contributed by atoms with E-state index in [1.807, 2.05) is 4.68 Å². The van der Waals surface area contributed by atoms with Gasteiger partial charge >= 0.3 is 0 Å². The summed E-state index contributed by atoms with van der Waals surface area (Å²) in [6.07, 6.45) is 4.39. The number of hydrogen-bond donors (Lipinski definition) is 1. The number of nitrogens with one attached hydrogen (secondary N) is 1. The van der Waals surface area contributed by atoms with Crippen LogP contribution in [0.4, 0.5) is 4.39 Å². The van der Waals surface area contributed by atoms with Crippen LogP contribution in [0.2, 0.25) is 0 Å². The summed E-state index contributed by atoms with van der Waals surface area (Å²) >= 11 is 0. The van der Waals surface area contributed by atoms with E-state index in [4.69, 9.17) is 0 Å². The van der Waals surface area contributed by atoms with Crippen molar-refractivity contribution in [2.24, 2.45) is 0 Å². The smallest absolute Gasteiger partial charge is 0.144 e. The molecule has 86 valence electrons. The highest BCUT2D eigenvalue weighted by Gasteiger charge is 2.26. The van der Waals surface area contributed by atoms with Gasteiger partial charge in [0.25, 0.3) is 0 Å². The van der Waals surface area contributed by atoms with Gasteiger partial charge in [-0.2, -0.15) is 5.10 Å². The molecule has 0 radical (unpaired) electrons. The summed E-state index contributed by atoms with van der Waals surface area (Å²) in [4.78, 5) is 0. The molecule has 16 heavy (non-hydrogen) atoms. The molecule has 0 saturated heterocycles. The predicted molar refractivity (Wildman–Crippen MR) is 60.6 cm³/mol. The van der Waals surface area contributed by atoms with Gasteiger partial charge in [-0.3, -0.25) is 4.68 Å². The van der Waals surface area contributed by atoms with Gasteiger partial charge in [-0.25, -0.2) is 4.39 Å². The first-order valence-electron chi connectivity index (χ1n) is 5.93. The molecule has 3 rings (SSSR count). The molecule has 1 aromatic rings. The number of nitrogens with zero attached hydrogens (tertiary/aromatic N) is 2. The SMILES string of the molecule is C[C@@H]1Cc2nn3c(c2CN1)C(F)=CCCC3. The van der Waals surface area contributed by atoms with Gasteiger partial charge in [0.1, 0.15) is 11.5 Å². The topological polar surface area (TPSA) is 29.9 Å². The van der Waals surface area contributed by atoms with E-state index in [1.54, 1.807) is 6.08 Å². The molecular formula is C12H16FN3. The molecule has 3 heterocycles. The van der Waals surface area contributed by atoms with E-state index >= 15 is 0 Å². The average molecular weight is 221 g/mol. The maximum absolute atomic E-state index is 13.9. The van der Waals surface area contributed by atoms with Crippen LogP contribution in [0.15, 0.2) is 6.08 Å². The maximum atomic E-state index is 13.9. The van der Waals surface area contributed by atoms with Crippen LogP contribution in [0, 0.1) is 0 Å². The van der Waals surface area contributed by atoms with Crippen LogP contribution in [0.1, 0.15) is 36.7 Å². The normalized spacial score (nSPS) is 24.4. The molecule has 0 fully saturated rings. The molecule has 0 saturated carbocycles. The van der Waals surface area contributed by atoms with E-state index in [2.05, 4.69) is 17.3 Å². The third-order valence-electron chi connectivity index (χ3n) is 3.38. The minimum atomic E-state index is -0.0948. The molecule has 0 unspecified atom stereocenters. The Morgan fingerprint density at radius 2 is 2.44 bits per heavy atom. The van der Waals surface area contributed by atoms with Crippen molar-refractivity contribution in [3.63, 3.8) is 0 Å². The first-order chi connectivity index (χ1) is 7.75. The van der Waals surface area contributed by atoms with E-state index in [9.17, 15) is 4.39 Å². The molecule has 1 atom stereocenters. The molecule has 2 aliphatic heterocycles. The number of hydrogen-bond acceptors (Lipinski definition) is 2. The van der Waals surface area contributed by atoms with Crippen molar-refractivity contribution in [1.29, 1.82) is 0 Å². The molecule has 0 bridgehead atoms. The van der Waals surface area contributed by atoms with Crippen molar-refractivity contribution in [1.82, 2.24) is 15.1 Å². The van der Waals surface area contributed by atoms with Crippen LogP contribution in [-0.4, -0.2) is 15.8 Å². The molecule has 3 nitrogen and oxygen atoms in total. The van der Waals surface area contributed by atoms with Crippen molar-refractivity contribution in [3.8, 4) is 0 Å². The van der Waals surface area contributed by atoms with Crippen LogP contribution in [-0.2, 0) is 19.5 Å². The monoisotopic (exact) mass is 221 g/mol. The summed E-state index contributed by atoms with van der Waals surface area (Å²) in [5, 5.41) is 7.92. The molecule has 0 amide bonds. The van der Waals surface area contributed by atoms with E-state index in [0.717, 1.165) is 43.6 Å². The number of rotatable bonds is 0. The molecular weight excluding hydrogens is 205 g/mol. The largest absolute Gasteiger partial charge is 0.310 e. The predicted octanol–water partition coefficient (Wildman–Crippen LogP) is 2.02. The molecule has 4 heteroatoms. The average Bonchev–Trinajstić information content (AvgIpc) is 2.51. The first kappa shape index (κ1) is 10.0. The second-order valence-corrected chi connectivity index (χ2v) is 4.68.